The third-order valence-electron chi connectivity index (χ3n) is 1.93. The Morgan fingerprint density at radius 3 is 2.15 bits per heavy atom. The molecule has 0 rings (SSSR count). The molecule has 0 spiro atoms. The summed E-state index contributed by atoms with van der Waals surface area (Å²) in [6.45, 7) is 1.17. The molecule has 0 aliphatic rings. The van der Waals surface area contributed by atoms with Crippen molar-refractivity contribution in [1.82, 2.24) is 0 Å². The normalized spacial score (nSPS) is 11.8. The van der Waals surface area contributed by atoms with E-state index in [2.05, 4.69) is 14.2 Å². The number of ether oxygens (including phenoxy) is 4. The molecule has 0 amide bonds. The fourth-order valence-electron chi connectivity index (χ4n) is 1.01. The van der Waals surface area contributed by atoms with Crippen LogP contribution >= 0.6 is 0 Å². The maximum Gasteiger partial charge on any atom is 0.355 e. The summed E-state index contributed by atoms with van der Waals surface area (Å²) in [7, 11) is 2.41. The van der Waals surface area contributed by atoms with Gasteiger partial charge in [-0.15, -0.1) is 0 Å². The first-order valence-corrected chi connectivity index (χ1v) is 5.64. The zero-order valence-electron chi connectivity index (χ0n) is 11.4. The van der Waals surface area contributed by atoms with Crippen molar-refractivity contribution in [3.63, 3.8) is 0 Å². The SMILES string of the molecule is CCC(OC(=O)/C=C\C(=O)OC)C(=O)OC(=O)COC. The molecule has 1 atom stereocenters. The van der Waals surface area contributed by atoms with Gasteiger partial charge < -0.3 is 18.9 Å². The first kappa shape index (κ1) is 17.8. The molecule has 0 N–H and O–H groups in total. The van der Waals surface area contributed by atoms with Gasteiger partial charge in [0.2, 0.25) is 0 Å². The van der Waals surface area contributed by atoms with E-state index in [-0.39, 0.29) is 6.42 Å². The van der Waals surface area contributed by atoms with Crippen LogP contribution in [0.25, 0.3) is 0 Å². The Bertz CT molecular complexity index is 398. The molecule has 8 heteroatoms. The van der Waals surface area contributed by atoms with Crippen LogP contribution in [0.1, 0.15) is 13.3 Å². The summed E-state index contributed by atoms with van der Waals surface area (Å²) in [5.74, 6) is -3.57. The number of esters is 4. The van der Waals surface area contributed by atoms with Crippen LogP contribution in [0.3, 0.4) is 0 Å². The van der Waals surface area contributed by atoms with Gasteiger partial charge in [0.25, 0.3) is 0 Å². The molecule has 0 aliphatic heterocycles. The van der Waals surface area contributed by atoms with E-state index in [1.165, 1.54) is 7.11 Å². The summed E-state index contributed by atoms with van der Waals surface area (Å²) in [6.07, 6.45) is 0.511. The molecule has 0 aromatic heterocycles. The van der Waals surface area contributed by atoms with Gasteiger partial charge in [-0.1, -0.05) is 6.92 Å². The van der Waals surface area contributed by atoms with E-state index in [1.54, 1.807) is 6.92 Å². The van der Waals surface area contributed by atoms with Crippen LogP contribution in [0.4, 0.5) is 0 Å². The molecule has 0 saturated carbocycles. The minimum atomic E-state index is -1.24. The van der Waals surface area contributed by atoms with E-state index in [1.807, 2.05) is 0 Å². The van der Waals surface area contributed by atoms with Gasteiger partial charge in [-0.25, -0.2) is 19.2 Å². The van der Waals surface area contributed by atoms with Crippen molar-refractivity contribution < 1.29 is 38.1 Å². The molecule has 0 aromatic rings. The molecule has 0 radical (unpaired) electrons. The highest BCUT2D eigenvalue weighted by molar-refractivity contribution is 5.94. The number of hydrogen-bond acceptors (Lipinski definition) is 8. The van der Waals surface area contributed by atoms with Crippen molar-refractivity contribution in [2.24, 2.45) is 0 Å². The van der Waals surface area contributed by atoms with Gasteiger partial charge in [0.15, 0.2) is 6.10 Å². The lowest BCUT2D eigenvalue weighted by molar-refractivity contribution is -0.174. The van der Waals surface area contributed by atoms with E-state index in [0.717, 1.165) is 19.3 Å². The topological polar surface area (TPSA) is 105 Å². The Hall–Kier alpha value is -2.22. The summed E-state index contributed by atoms with van der Waals surface area (Å²) < 4.78 is 17.9. The Morgan fingerprint density at radius 2 is 1.65 bits per heavy atom. The van der Waals surface area contributed by atoms with Crippen molar-refractivity contribution in [2.75, 3.05) is 20.8 Å². The molecular weight excluding hydrogens is 272 g/mol. The highest BCUT2D eigenvalue weighted by Crippen LogP contribution is 2.03. The Morgan fingerprint density at radius 1 is 1.05 bits per heavy atom. The molecule has 0 aliphatic carbocycles. The molecule has 112 valence electrons. The fourth-order valence-corrected chi connectivity index (χ4v) is 1.01. The molecule has 0 saturated heterocycles. The van der Waals surface area contributed by atoms with Gasteiger partial charge in [0.1, 0.15) is 6.61 Å². The standard InChI is InChI=1S/C12H16O8/c1-4-8(12(16)20-11(15)7-17-2)19-10(14)6-5-9(13)18-3/h5-6,8H,4,7H2,1-3H3/b6-5-. The van der Waals surface area contributed by atoms with E-state index in [9.17, 15) is 19.2 Å². The summed E-state index contributed by atoms with van der Waals surface area (Å²) in [5, 5.41) is 0. The Labute approximate surface area is 115 Å². The lowest BCUT2D eigenvalue weighted by Gasteiger charge is -2.12. The monoisotopic (exact) mass is 288 g/mol. The number of carbonyl (C=O) groups is 4. The number of rotatable bonds is 7. The van der Waals surface area contributed by atoms with Crippen molar-refractivity contribution in [1.29, 1.82) is 0 Å². The third kappa shape index (κ3) is 7.27. The van der Waals surface area contributed by atoms with Gasteiger partial charge in [0.05, 0.1) is 7.11 Å². The van der Waals surface area contributed by atoms with Crippen molar-refractivity contribution >= 4 is 23.9 Å². The quantitative estimate of drug-likeness (QED) is 0.273. The van der Waals surface area contributed by atoms with Crippen LogP contribution < -0.4 is 0 Å². The average Bonchev–Trinajstić information content (AvgIpc) is 2.41. The highest BCUT2D eigenvalue weighted by Gasteiger charge is 2.24. The van der Waals surface area contributed by atoms with Crippen LogP contribution in [0.15, 0.2) is 12.2 Å². The van der Waals surface area contributed by atoms with Gasteiger partial charge in [0, 0.05) is 19.3 Å². The zero-order valence-corrected chi connectivity index (χ0v) is 11.4. The minimum Gasteiger partial charge on any atom is -0.466 e. The second kappa shape index (κ2) is 9.68. The van der Waals surface area contributed by atoms with Crippen molar-refractivity contribution in [2.45, 2.75) is 19.4 Å². The van der Waals surface area contributed by atoms with Crippen molar-refractivity contribution in [3.8, 4) is 0 Å². The molecule has 0 aromatic carbocycles. The molecule has 0 fully saturated rings. The first-order valence-electron chi connectivity index (χ1n) is 5.64. The van der Waals surface area contributed by atoms with Crippen molar-refractivity contribution in [3.05, 3.63) is 12.2 Å². The van der Waals surface area contributed by atoms with E-state index in [4.69, 9.17) is 4.74 Å². The van der Waals surface area contributed by atoms with Gasteiger partial charge in [-0.3, -0.25) is 0 Å². The average molecular weight is 288 g/mol. The molecule has 0 heterocycles. The number of hydrogen-bond donors (Lipinski definition) is 0. The smallest absolute Gasteiger partial charge is 0.355 e. The lowest BCUT2D eigenvalue weighted by Crippen LogP contribution is -2.31. The molecule has 20 heavy (non-hydrogen) atoms. The maximum atomic E-state index is 11.5. The molecule has 0 bridgehead atoms. The second-order valence-electron chi connectivity index (χ2n) is 3.42. The fraction of sp³-hybridized carbons (Fsp3) is 0.500. The van der Waals surface area contributed by atoms with Crippen LogP contribution in [0.2, 0.25) is 0 Å². The predicted octanol–water partition coefficient (Wildman–Crippen LogP) is -0.246. The molecule has 8 nitrogen and oxygen atoms in total. The van der Waals surface area contributed by atoms with E-state index < -0.39 is 36.6 Å². The number of carbonyl (C=O) groups excluding carboxylic acids is 4. The number of methoxy groups -OCH3 is 2. The second-order valence-corrected chi connectivity index (χ2v) is 3.42. The minimum absolute atomic E-state index is 0.108. The summed E-state index contributed by atoms with van der Waals surface area (Å²) in [4.78, 5) is 44.6. The highest BCUT2D eigenvalue weighted by atomic mass is 16.6. The molecular formula is C12H16O8. The van der Waals surface area contributed by atoms with Crippen LogP contribution in [-0.2, 0) is 38.1 Å². The Kier molecular flexibility index (Phi) is 8.60. The summed E-state index contributed by atoms with van der Waals surface area (Å²) >= 11 is 0. The maximum absolute atomic E-state index is 11.5. The largest absolute Gasteiger partial charge is 0.466 e. The summed E-state index contributed by atoms with van der Waals surface area (Å²) in [5.41, 5.74) is 0. The Balaban J connectivity index is 4.43. The van der Waals surface area contributed by atoms with Gasteiger partial charge in [-0.05, 0) is 6.42 Å². The molecule has 1 unspecified atom stereocenters. The third-order valence-corrected chi connectivity index (χ3v) is 1.93. The van der Waals surface area contributed by atoms with Crippen LogP contribution in [0.5, 0.6) is 0 Å². The predicted molar refractivity (Wildman–Crippen MR) is 64.3 cm³/mol. The zero-order chi connectivity index (χ0) is 15.5. The van der Waals surface area contributed by atoms with E-state index in [0.29, 0.717) is 0 Å². The van der Waals surface area contributed by atoms with Gasteiger partial charge in [-0.2, -0.15) is 0 Å². The lowest BCUT2D eigenvalue weighted by atomic mass is 10.3. The summed E-state index contributed by atoms with van der Waals surface area (Å²) in [6, 6.07) is 0. The van der Waals surface area contributed by atoms with Crippen LogP contribution in [0, 0.1) is 0 Å². The first-order chi connectivity index (χ1) is 9.44. The van der Waals surface area contributed by atoms with Crippen LogP contribution in [-0.4, -0.2) is 50.8 Å². The van der Waals surface area contributed by atoms with Gasteiger partial charge >= 0.3 is 23.9 Å². The van der Waals surface area contributed by atoms with E-state index >= 15 is 0 Å².